The Balaban J connectivity index is 1.24. The first-order valence-corrected chi connectivity index (χ1v) is 34.8. The summed E-state index contributed by atoms with van der Waals surface area (Å²) in [5, 5.41) is 133. The molecule has 2 fully saturated rings. The van der Waals surface area contributed by atoms with Gasteiger partial charge in [0, 0.05) is 34.9 Å². The minimum atomic E-state index is -2.38. The van der Waals surface area contributed by atoms with Crippen molar-refractivity contribution in [3.8, 4) is 57.1 Å². The minimum absolute atomic E-state index is 0.110. The number of amides is 8. The monoisotopic (exact) mass is 1550 g/mol. The molecule has 8 amide bonds. The molecule has 2 saturated heterocycles. The zero-order valence-electron chi connectivity index (χ0n) is 57.5. The summed E-state index contributed by atoms with van der Waals surface area (Å²) in [5.74, 6) is -18.0. The topological polar surface area (TPSA) is 560 Å². The number of carbonyl (C=O) groups is 9. The molecular formula is C69H80Cl2N10O25S. The number of primary amides is 1. The third-order valence-electron chi connectivity index (χ3n) is 18.6. The van der Waals surface area contributed by atoms with Gasteiger partial charge in [-0.05, 0) is 116 Å². The van der Waals surface area contributed by atoms with Gasteiger partial charge in [0.05, 0.1) is 41.3 Å². The summed E-state index contributed by atoms with van der Waals surface area (Å²) in [4.78, 5) is 132. The number of carboxylic acid groups (broad SMARTS) is 1. The van der Waals surface area contributed by atoms with Crippen molar-refractivity contribution >= 4 is 89.1 Å². The first-order valence-electron chi connectivity index (χ1n) is 33.4. The fourth-order valence-corrected chi connectivity index (χ4v) is 13.6. The van der Waals surface area contributed by atoms with Gasteiger partial charge in [-0.2, -0.15) is 12.6 Å². The number of aliphatic hydroxyl groups is 6. The van der Waals surface area contributed by atoms with E-state index in [0.717, 1.165) is 66.7 Å². The van der Waals surface area contributed by atoms with Gasteiger partial charge in [-0.25, -0.2) is 4.79 Å². The Morgan fingerprint density at radius 3 is 1.91 bits per heavy atom. The number of nitrogens with one attached hydrogen (secondary N) is 8. The summed E-state index contributed by atoms with van der Waals surface area (Å²) >= 11 is 18.2. The van der Waals surface area contributed by atoms with E-state index in [1.807, 2.05) is 13.8 Å². The van der Waals surface area contributed by atoms with Crippen molar-refractivity contribution in [3.05, 3.63) is 117 Å². The number of ether oxygens (including phenoxy) is 6. The molecule has 11 bridgehead atoms. The molecule has 107 heavy (non-hydrogen) atoms. The van der Waals surface area contributed by atoms with E-state index in [1.165, 1.54) is 33.0 Å². The maximum Gasteiger partial charge on any atom is 0.327 e. The van der Waals surface area contributed by atoms with E-state index in [2.05, 4.69) is 55.2 Å². The lowest BCUT2D eigenvalue weighted by atomic mass is 9.86. The Bertz CT molecular complexity index is 4290. The summed E-state index contributed by atoms with van der Waals surface area (Å²) in [6, 6.07) is -2.74. The van der Waals surface area contributed by atoms with E-state index in [-0.39, 0.29) is 40.7 Å². The standard InChI is InChI=1S/C69H80Cl2N10O25S/c1-24(2)12-35(74-5)60(92)80-51-53(87)27-7-10-40(33(70)14-27)102-42-16-29-17-43(57(42)106-68-58(56(90)55(89)44(22-82)104-68)105-46-21-69(4,73)59(91)25(3)101-46)103-41-11-8-28(15-34(41)71)54(88)52-66(98)79-50(64(96)76-37(23-107)67(99)100)32-18-30(83)19-39(85)47(32)31-13-26(6-9-38(31)84)48(62(94)81-52)78-63(95)49(29)77-61(93)36(20-45(72)86)75-65(51)97/h6-11,13-19,24-25,35-37,44,46,48-56,58-59,68,74,82-85,87-91,107H,12,20-23,73H2,1-5H3,(H2,72,86)(H,75,97)(H,76,96)(H,77,93)(H,78,95)(H,79,98)(H,80,92)(H,81,94)(H,99,100)/t25-,35+,36-,37-,44+,46-,48+,49+,50-,51+,52-,53+,54+,55+,56-,58+,59+,68-,69-/m0/s1. The van der Waals surface area contributed by atoms with Crippen LogP contribution in [-0.4, -0.2) is 209 Å². The number of thiol groups is 1. The molecule has 0 saturated carbocycles. The number of nitrogens with two attached hydrogens (primary N) is 2. The second kappa shape index (κ2) is 33.0. The first kappa shape index (κ1) is 80.2. The van der Waals surface area contributed by atoms with E-state index in [9.17, 15) is 75.0 Å². The Morgan fingerprint density at radius 2 is 1.33 bits per heavy atom. The number of phenolic OH excluding ortho intramolecular Hbond substituents is 3. The number of aliphatic hydroxyl groups excluding tert-OH is 6. The number of carboxylic acids is 1. The number of aromatic hydroxyl groups is 3. The molecule has 22 N–H and O–H groups in total. The third-order valence-corrected chi connectivity index (χ3v) is 19.5. The number of hydrogen-bond donors (Lipinski definition) is 21. The molecule has 5 aromatic rings. The SMILES string of the molecule is CN[C@H](CC(C)C)C(=O)N[C@H]1C(=O)N[C@@H](CC(N)=O)C(=O)N[C@H]2C(=O)N[C@H]3C(=O)N[C@H](C(=O)N[C@H](C(=O)N[C@@H](CS)C(=O)O)c4cc(O)cc(O)c4-c4cc3ccc4O)[C@H](O)c3ccc(c(Cl)c3)Oc3cc2cc(c3O[C@@H]2O[C@H](CO)[C@@H](O)[C@H](O)[C@H]2O[C@H]2C[C@](C)(N)[C@H](O)[C@H](C)O2)Oc2ccc(cc2Cl)[C@H]1O. The van der Waals surface area contributed by atoms with Crippen LogP contribution < -0.4 is 68.2 Å². The molecule has 35 nitrogen and oxygen atoms in total. The Hall–Kier alpha value is -9.38. The molecule has 7 aliphatic heterocycles. The quantitative estimate of drug-likeness (QED) is 0.0555. The predicted octanol–water partition coefficient (Wildman–Crippen LogP) is -0.479. The highest BCUT2D eigenvalue weighted by Gasteiger charge is 2.52. The summed E-state index contributed by atoms with van der Waals surface area (Å²) in [7, 11) is 1.47. The van der Waals surface area contributed by atoms with Crippen molar-refractivity contribution in [1.82, 2.24) is 42.5 Å². The van der Waals surface area contributed by atoms with Crippen molar-refractivity contribution in [2.75, 3.05) is 19.4 Å². The highest BCUT2D eigenvalue weighted by molar-refractivity contribution is 7.80. The average molecular weight is 1550 g/mol. The minimum Gasteiger partial charge on any atom is -0.508 e. The molecule has 0 aliphatic carbocycles. The highest BCUT2D eigenvalue weighted by atomic mass is 35.5. The van der Waals surface area contributed by atoms with Crippen LogP contribution in [0.5, 0.6) is 46.0 Å². The van der Waals surface area contributed by atoms with Crippen LogP contribution in [0, 0.1) is 5.92 Å². The van der Waals surface area contributed by atoms with E-state index in [0.29, 0.717) is 0 Å². The number of rotatable bonds is 16. The molecule has 0 radical (unpaired) electrons. The van der Waals surface area contributed by atoms with E-state index in [1.54, 1.807) is 0 Å². The molecule has 19 atom stereocenters. The Kier molecular flexibility index (Phi) is 24.7. The van der Waals surface area contributed by atoms with E-state index >= 15 is 19.2 Å². The number of halogens is 2. The van der Waals surface area contributed by atoms with Crippen LogP contribution in [0.4, 0.5) is 0 Å². The van der Waals surface area contributed by atoms with Crippen LogP contribution in [0.15, 0.2) is 78.9 Å². The van der Waals surface area contributed by atoms with Crippen LogP contribution in [-0.2, 0) is 57.4 Å². The number of likely N-dealkylation sites (N-methyl/N-ethyl adjacent to an activating group) is 1. The second-order valence-corrected chi connectivity index (χ2v) is 28.1. The molecule has 5 aromatic carbocycles. The summed E-state index contributed by atoms with van der Waals surface area (Å²) in [5.41, 5.74) is 7.88. The third kappa shape index (κ3) is 17.5. The number of fused-ring (bicyclic) bond motifs is 15. The van der Waals surface area contributed by atoms with Gasteiger partial charge < -0.3 is 133 Å². The van der Waals surface area contributed by atoms with Crippen LogP contribution in [0.2, 0.25) is 10.0 Å². The molecule has 0 aromatic heterocycles. The number of phenols is 3. The van der Waals surface area contributed by atoms with Crippen molar-refractivity contribution in [1.29, 1.82) is 0 Å². The van der Waals surface area contributed by atoms with Crippen LogP contribution >= 0.6 is 35.8 Å². The predicted molar refractivity (Wildman–Crippen MR) is 375 cm³/mol. The van der Waals surface area contributed by atoms with Gasteiger partial charge in [0.2, 0.25) is 59.3 Å². The van der Waals surface area contributed by atoms with Gasteiger partial charge in [-0.15, -0.1) is 0 Å². The fourth-order valence-electron chi connectivity index (χ4n) is 12.9. The van der Waals surface area contributed by atoms with E-state index in [4.69, 9.17) is 63.1 Å². The summed E-state index contributed by atoms with van der Waals surface area (Å²) in [6.07, 6.45) is -18.8. The lowest BCUT2D eigenvalue weighted by molar-refractivity contribution is -0.333. The van der Waals surface area contributed by atoms with E-state index < -0.39 is 260 Å². The van der Waals surface area contributed by atoms with Gasteiger partial charge in [-0.1, -0.05) is 55.2 Å². The van der Waals surface area contributed by atoms with Gasteiger partial charge in [0.25, 0.3) is 0 Å². The average Bonchev–Trinajstić information content (AvgIpc) is 0.759. The number of aliphatic carboxylic acids is 1. The van der Waals surface area contributed by atoms with Crippen molar-refractivity contribution in [2.24, 2.45) is 17.4 Å². The largest absolute Gasteiger partial charge is 0.508 e. The molecule has 38 heteroatoms. The summed E-state index contributed by atoms with van der Waals surface area (Å²) < 4.78 is 38.4. The van der Waals surface area contributed by atoms with Crippen LogP contribution in [0.3, 0.4) is 0 Å². The van der Waals surface area contributed by atoms with Crippen LogP contribution in [0.25, 0.3) is 11.1 Å². The van der Waals surface area contributed by atoms with Gasteiger partial charge in [0.15, 0.2) is 23.9 Å². The number of benzene rings is 5. The number of carbonyl (C=O) groups excluding carboxylic acids is 8. The fraction of sp³-hybridized carbons (Fsp3) is 0.435. The Morgan fingerprint density at radius 1 is 0.720 bits per heavy atom. The van der Waals surface area contributed by atoms with Gasteiger partial charge in [-0.3, -0.25) is 38.4 Å². The van der Waals surface area contributed by atoms with Crippen molar-refractivity contribution < 1.29 is 123 Å². The van der Waals surface area contributed by atoms with Crippen molar-refractivity contribution in [3.63, 3.8) is 0 Å². The molecule has 7 heterocycles. The molecule has 12 rings (SSSR count). The maximum absolute atomic E-state index is 16.2. The molecule has 576 valence electrons. The number of hydrogen-bond acceptors (Lipinski definition) is 27. The zero-order valence-corrected chi connectivity index (χ0v) is 59.9. The normalized spacial score (nSPS) is 28.7. The molecule has 0 spiro atoms. The molecular weight excluding hydrogens is 1470 g/mol. The second-order valence-electron chi connectivity index (χ2n) is 27.0. The maximum atomic E-state index is 16.2. The van der Waals surface area contributed by atoms with Crippen LogP contribution in [0.1, 0.15) is 105 Å². The zero-order chi connectivity index (χ0) is 78.1. The summed E-state index contributed by atoms with van der Waals surface area (Å²) in [6.45, 7) is 5.62. The van der Waals surface area contributed by atoms with Gasteiger partial charge in [0.1, 0.15) is 102 Å². The van der Waals surface area contributed by atoms with Gasteiger partial charge >= 0.3 is 5.97 Å². The Labute approximate surface area is 624 Å². The highest BCUT2D eigenvalue weighted by Crippen LogP contribution is 2.50. The lowest BCUT2D eigenvalue weighted by Crippen LogP contribution is -2.64. The lowest BCUT2D eigenvalue weighted by Gasteiger charge is -2.47. The molecule has 7 aliphatic rings. The first-order chi connectivity index (χ1) is 50.5. The smallest absolute Gasteiger partial charge is 0.327 e. The molecule has 0 unspecified atom stereocenters. The van der Waals surface area contributed by atoms with Crippen molar-refractivity contribution in [2.45, 2.75) is 162 Å².